The van der Waals surface area contributed by atoms with E-state index in [1.54, 1.807) is 0 Å². The molecule has 0 heterocycles. The summed E-state index contributed by atoms with van der Waals surface area (Å²) in [6.07, 6.45) is 10.2. The van der Waals surface area contributed by atoms with Crippen LogP contribution in [0.4, 0.5) is 0 Å². The van der Waals surface area contributed by atoms with Crippen LogP contribution in [-0.2, 0) is 0 Å². The molecule has 1 saturated carbocycles. The highest BCUT2D eigenvalue weighted by Gasteiger charge is 2.35. The third-order valence-corrected chi connectivity index (χ3v) is 4.74. The number of rotatable bonds is 9. The average Bonchev–Trinajstić information content (AvgIpc) is 2.42. The van der Waals surface area contributed by atoms with Crippen molar-refractivity contribution in [3.05, 3.63) is 0 Å². The number of nitrogens with zero attached hydrogens (tertiary/aromatic N) is 1. The highest BCUT2D eigenvalue weighted by Crippen LogP contribution is 2.39. The molecule has 0 aromatic carbocycles. The normalized spacial score (nSPS) is 27.9. The van der Waals surface area contributed by atoms with Gasteiger partial charge in [-0.3, -0.25) is 0 Å². The summed E-state index contributed by atoms with van der Waals surface area (Å²) < 4.78 is 0. The number of unbranched alkanes of at least 4 members (excludes halogenated alkanes) is 2. The van der Waals surface area contributed by atoms with E-state index in [0.29, 0.717) is 6.61 Å². The molecule has 0 amide bonds. The number of aliphatic hydroxyl groups excluding tert-OH is 1. The average molecular weight is 269 g/mol. The van der Waals surface area contributed by atoms with E-state index in [0.717, 1.165) is 12.5 Å². The molecule has 0 aromatic rings. The van der Waals surface area contributed by atoms with Gasteiger partial charge in [0.15, 0.2) is 0 Å². The van der Waals surface area contributed by atoms with E-state index in [1.165, 1.54) is 64.5 Å². The summed E-state index contributed by atoms with van der Waals surface area (Å²) in [5.74, 6) is 0.792. The molecular weight excluding hydrogens is 234 g/mol. The van der Waals surface area contributed by atoms with Gasteiger partial charge >= 0.3 is 0 Å². The van der Waals surface area contributed by atoms with Gasteiger partial charge in [-0.25, -0.2) is 0 Å². The van der Waals surface area contributed by atoms with Gasteiger partial charge in [0.1, 0.15) is 0 Å². The Labute approximate surface area is 120 Å². The molecule has 19 heavy (non-hydrogen) atoms. The minimum absolute atomic E-state index is 0.194. The van der Waals surface area contributed by atoms with E-state index in [4.69, 9.17) is 0 Å². The van der Waals surface area contributed by atoms with E-state index < -0.39 is 0 Å². The van der Waals surface area contributed by atoms with Crippen molar-refractivity contribution in [2.45, 2.75) is 72.1 Å². The Bertz CT molecular complexity index is 223. The van der Waals surface area contributed by atoms with Crippen LogP contribution in [-0.4, -0.2) is 36.2 Å². The maximum absolute atomic E-state index is 9.93. The molecule has 0 spiro atoms. The molecule has 2 heteroatoms. The molecule has 1 fully saturated rings. The topological polar surface area (TPSA) is 23.5 Å². The maximum atomic E-state index is 9.93. The first-order chi connectivity index (χ1) is 9.15. The van der Waals surface area contributed by atoms with E-state index >= 15 is 0 Å². The van der Waals surface area contributed by atoms with Gasteiger partial charge in [-0.15, -0.1) is 0 Å². The third kappa shape index (κ3) is 5.83. The van der Waals surface area contributed by atoms with E-state index in [2.05, 4.69) is 25.7 Å². The van der Waals surface area contributed by atoms with Gasteiger partial charge in [-0.05, 0) is 44.7 Å². The summed E-state index contributed by atoms with van der Waals surface area (Å²) in [6.45, 7) is 10.8. The zero-order valence-electron chi connectivity index (χ0n) is 13.5. The van der Waals surface area contributed by atoms with Crippen molar-refractivity contribution in [3.8, 4) is 0 Å². The van der Waals surface area contributed by atoms with Crippen molar-refractivity contribution in [2.24, 2.45) is 11.3 Å². The van der Waals surface area contributed by atoms with Crippen LogP contribution in [0.1, 0.15) is 72.1 Å². The molecule has 2 atom stereocenters. The van der Waals surface area contributed by atoms with Crippen LogP contribution < -0.4 is 0 Å². The van der Waals surface area contributed by atoms with Crippen LogP contribution in [0.5, 0.6) is 0 Å². The molecule has 1 rings (SSSR count). The Morgan fingerprint density at radius 1 is 1.16 bits per heavy atom. The third-order valence-electron chi connectivity index (χ3n) is 4.74. The second-order valence-corrected chi connectivity index (χ2v) is 6.84. The van der Waals surface area contributed by atoms with E-state index in [1.807, 2.05) is 0 Å². The van der Waals surface area contributed by atoms with Crippen molar-refractivity contribution in [1.29, 1.82) is 0 Å². The Hall–Kier alpha value is -0.0800. The van der Waals surface area contributed by atoms with Gasteiger partial charge in [0.25, 0.3) is 0 Å². The predicted molar refractivity (Wildman–Crippen MR) is 83.4 cm³/mol. The Morgan fingerprint density at radius 2 is 1.79 bits per heavy atom. The number of aliphatic hydroxyl groups is 1. The molecule has 1 aliphatic carbocycles. The van der Waals surface area contributed by atoms with Crippen molar-refractivity contribution in [1.82, 2.24) is 4.90 Å². The first-order valence-corrected chi connectivity index (χ1v) is 8.49. The molecule has 2 nitrogen and oxygen atoms in total. The van der Waals surface area contributed by atoms with Crippen LogP contribution in [0.25, 0.3) is 0 Å². The smallest absolute Gasteiger partial charge is 0.0499 e. The fraction of sp³-hybridized carbons (Fsp3) is 1.00. The van der Waals surface area contributed by atoms with Crippen LogP contribution >= 0.6 is 0 Å². The lowest BCUT2D eigenvalue weighted by Gasteiger charge is -2.42. The zero-order valence-corrected chi connectivity index (χ0v) is 13.5. The van der Waals surface area contributed by atoms with Crippen molar-refractivity contribution in [2.75, 3.05) is 26.2 Å². The summed E-state index contributed by atoms with van der Waals surface area (Å²) in [5, 5.41) is 9.93. The Kier molecular flexibility index (Phi) is 8.01. The molecule has 2 unspecified atom stereocenters. The van der Waals surface area contributed by atoms with Crippen molar-refractivity contribution in [3.63, 3.8) is 0 Å². The lowest BCUT2D eigenvalue weighted by atomic mass is 9.70. The fourth-order valence-electron chi connectivity index (χ4n) is 3.61. The summed E-state index contributed by atoms with van der Waals surface area (Å²) in [6, 6.07) is 0. The predicted octanol–water partition coefficient (Wildman–Crippen LogP) is 4.08. The largest absolute Gasteiger partial charge is 0.396 e. The molecule has 1 N–H and O–H groups in total. The molecule has 0 aliphatic heterocycles. The minimum atomic E-state index is 0.194. The molecule has 0 saturated heterocycles. The van der Waals surface area contributed by atoms with Crippen LogP contribution in [0, 0.1) is 11.3 Å². The monoisotopic (exact) mass is 269 g/mol. The first-order valence-electron chi connectivity index (χ1n) is 8.49. The molecule has 0 radical (unpaired) electrons. The molecule has 1 aliphatic rings. The second kappa shape index (κ2) is 8.97. The second-order valence-electron chi connectivity index (χ2n) is 6.84. The van der Waals surface area contributed by atoms with Crippen LogP contribution in [0.15, 0.2) is 0 Å². The van der Waals surface area contributed by atoms with E-state index in [9.17, 15) is 5.11 Å². The van der Waals surface area contributed by atoms with Gasteiger partial charge in [-0.2, -0.15) is 0 Å². The Morgan fingerprint density at radius 3 is 2.26 bits per heavy atom. The van der Waals surface area contributed by atoms with Crippen LogP contribution in [0.3, 0.4) is 0 Å². The number of hydrogen-bond donors (Lipinski definition) is 1. The standard InChI is InChI=1S/C17H35NO/c1-4-6-11-18(12-7-5-2)14-17(15-19)10-8-9-16(3)13-17/h16,19H,4-15H2,1-3H3. The minimum Gasteiger partial charge on any atom is -0.396 e. The Balaban J connectivity index is 2.56. The summed E-state index contributed by atoms with van der Waals surface area (Å²) in [5.41, 5.74) is 0.194. The molecule has 114 valence electrons. The van der Waals surface area contributed by atoms with Crippen molar-refractivity contribution < 1.29 is 5.11 Å². The highest BCUT2D eigenvalue weighted by atomic mass is 16.3. The van der Waals surface area contributed by atoms with Gasteiger partial charge < -0.3 is 10.0 Å². The van der Waals surface area contributed by atoms with Gasteiger partial charge in [0.05, 0.1) is 0 Å². The maximum Gasteiger partial charge on any atom is 0.0499 e. The zero-order chi connectivity index (χ0) is 14.1. The summed E-state index contributed by atoms with van der Waals surface area (Å²) >= 11 is 0. The molecule has 0 bridgehead atoms. The van der Waals surface area contributed by atoms with Gasteiger partial charge in [0, 0.05) is 18.6 Å². The quantitative estimate of drug-likeness (QED) is 0.682. The molecule has 0 aromatic heterocycles. The lowest BCUT2D eigenvalue weighted by molar-refractivity contribution is 0.0231. The fourth-order valence-corrected chi connectivity index (χ4v) is 3.61. The lowest BCUT2D eigenvalue weighted by Crippen LogP contribution is -2.43. The highest BCUT2D eigenvalue weighted by molar-refractivity contribution is 4.87. The summed E-state index contributed by atoms with van der Waals surface area (Å²) in [7, 11) is 0. The number of hydrogen-bond acceptors (Lipinski definition) is 2. The van der Waals surface area contributed by atoms with Crippen molar-refractivity contribution >= 4 is 0 Å². The van der Waals surface area contributed by atoms with Crippen LogP contribution in [0.2, 0.25) is 0 Å². The van der Waals surface area contributed by atoms with E-state index in [-0.39, 0.29) is 5.41 Å². The molecular formula is C17H35NO. The van der Waals surface area contributed by atoms with Gasteiger partial charge in [-0.1, -0.05) is 46.5 Å². The SMILES string of the molecule is CCCCN(CCCC)CC1(CO)CCCC(C)C1. The summed E-state index contributed by atoms with van der Waals surface area (Å²) in [4.78, 5) is 2.63. The first kappa shape index (κ1) is 17.0. The van der Waals surface area contributed by atoms with Gasteiger partial charge in [0.2, 0.25) is 0 Å².